The number of nitrogens with zero attached hydrogens (tertiary/aromatic N) is 5. The summed E-state index contributed by atoms with van der Waals surface area (Å²) in [7, 11) is 0. The van der Waals surface area contributed by atoms with Crippen LogP contribution in [0.4, 0.5) is 4.39 Å². The van der Waals surface area contributed by atoms with Gasteiger partial charge in [-0.25, -0.2) is 4.39 Å². The molecule has 4 aromatic rings. The highest BCUT2D eigenvalue weighted by molar-refractivity contribution is 7.22. The molecule has 1 saturated carbocycles. The molecular weight excluding hydrogens is 493 g/mol. The molecule has 1 aromatic carbocycles. The van der Waals surface area contributed by atoms with Crippen LogP contribution >= 0.6 is 11.3 Å². The molecule has 10 heteroatoms. The third kappa shape index (κ3) is 5.87. The van der Waals surface area contributed by atoms with E-state index in [1.54, 1.807) is 24.4 Å². The third-order valence-corrected chi connectivity index (χ3v) is 7.91. The first-order valence-corrected chi connectivity index (χ1v) is 13.5. The predicted molar refractivity (Wildman–Crippen MR) is 138 cm³/mol. The summed E-state index contributed by atoms with van der Waals surface area (Å²) in [6, 6.07) is 8.43. The summed E-state index contributed by atoms with van der Waals surface area (Å²) < 4.78 is 28.9. The molecule has 0 unspecified atom stereocenters. The number of ketones is 1. The lowest BCUT2D eigenvalue weighted by Crippen LogP contribution is -2.38. The number of halogens is 1. The zero-order valence-electron chi connectivity index (χ0n) is 20.4. The quantitative estimate of drug-likeness (QED) is 0.298. The second kappa shape index (κ2) is 10.6. The molecule has 192 valence electrons. The van der Waals surface area contributed by atoms with Gasteiger partial charge in [-0.3, -0.25) is 19.4 Å². The zero-order chi connectivity index (χ0) is 25.2. The largest absolute Gasteiger partial charge is 0.453 e. The number of carbonyl (C=O) groups excluding carboxylic acids is 1. The van der Waals surface area contributed by atoms with E-state index in [0.717, 1.165) is 73.0 Å². The van der Waals surface area contributed by atoms with Crippen molar-refractivity contribution in [3.05, 3.63) is 54.1 Å². The van der Waals surface area contributed by atoms with Crippen LogP contribution in [0.3, 0.4) is 0 Å². The summed E-state index contributed by atoms with van der Waals surface area (Å²) in [4.78, 5) is 19.9. The van der Waals surface area contributed by atoms with Crippen molar-refractivity contribution in [1.82, 2.24) is 24.9 Å². The normalized spacial score (nSPS) is 16.4. The summed E-state index contributed by atoms with van der Waals surface area (Å²) in [5.74, 6) is 0.855. The van der Waals surface area contributed by atoms with Crippen molar-refractivity contribution in [2.45, 2.75) is 32.2 Å². The Kier molecular flexibility index (Phi) is 6.95. The second-order valence-corrected chi connectivity index (χ2v) is 10.7. The SMILES string of the molecule is O=C(Cc1ccc(Oc2ccnc3cc(-c4cn(CCN5CCOCC5)nn4)sc23)c(F)c1)CC1CC1. The van der Waals surface area contributed by atoms with Gasteiger partial charge in [-0.1, -0.05) is 11.3 Å². The van der Waals surface area contributed by atoms with E-state index in [4.69, 9.17) is 9.47 Å². The van der Waals surface area contributed by atoms with Gasteiger partial charge in [-0.05, 0) is 42.5 Å². The fraction of sp³-hybridized carbons (Fsp3) is 0.407. The molecule has 2 fully saturated rings. The van der Waals surface area contributed by atoms with E-state index in [1.165, 1.54) is 17.4 Å². The third-order valence-electron chi connectivity index (χ3n) is 6.75. The minimum absolute atomic E-state index is 0.120. The highest BCUT2D eigenvalue weighted by Gasteiger charge is 2.24. The van der Waals surface area contributed by atoms with Crippen molar-refractivity contribution < 1.29 is 18.7 Å². The van der Waals surface area contributed by atoms with Crippen molar-refractivity contribution in [2.24, 2.45) is 5.92 Å². The van der Waals surface area contributed by atoms with Gasteiger partial charge in [0.25, 0.3) is 0 Å². The number of fused-ring (bicyclic) bond motifs is 1. The van der Waals surface area contributed by atoms with Gasteiger partial charge in [-0.2, -0.15) is 0 Å². The molecule has 0 spiro atoms. The van der Waals surface area contributed by atoms with E-state index < -0.39 is 5.82 Å². The lowest BCUT2D eigenvalue weighted by molar-refractivity contribution is -0.118. The Labute approximate surface area is 218 Å². The van der Waals surface area contributed by atoms with Gasteiger partial charge in [0, 0.05) is 44.7 Å². The molecule has 1 aliphatic carbocycles. The summed E-state index contributed by atoms with van der Waals surface area (Å²) >= 11 is 1.49. The minimum Gasteiger partial charge on any atom is -0.453 e. The Morgan fingerprint density at radius 3 is 2.81 bits per heavy atom. The van der Waals surface area contributed by atoms with Crippen LogP contribution in [0.2, 0.25) is 0 Å². The van der Waals surface area contributed by atoms with Gasteiger partial charge in [0.15, 0.2) is 11.6 Å². The van der Waals surface area contributed by atoms with E-state index in [1.807, 2.05) is 16.9 Å². The number of hydrogen-bond acceptors (Lipinski definition) is 8. The fourth-order valence-electron chi connectivity index (χ4n) is 4.51. The number of ether oxygens (including phenoxy) is 2. The van der Waals surface area contributed by atoms with Crippen molar-refractivity contribution in [3.63, 3.8) is 0 Å². The highest BCUT2D eigenvalue weighted by Crippen LogP contribution is 2.39. The van der Waals surface area contributed by atoms with Crippen LogP contribution in [-0.4, -0.2) is 63.5 Å². The molecule has 0 amide bonds. The first-order chi connectivity index (χ1) is 18.1. The lowest BCUT2D eigenvalue weighted by atomic mass is 10.0. The van der Waals surface area contributed by atoms with Crippen LogP contribution < -0.4 is 4.74 Å². The second-order valence-electron chi connectivity index (χ2n) is 9.68. The van der Waals surface area contributed by atoms with Crippen LogP contribution in [0.25, 0.3) is 20.8 Å². The molecule has 6 rings (SSSR count). The Morgan fingerprint density at radius 2 is 2.00 bits per heavy atom. The average Bonchev–Trinajstić information content (AvgIpc) is 3.39. The molecule has 1 saturated heterocycles. The molecule has 3 aromatic heterocycles. The lowest BCUT2D eigenvalue weighted by Gasteiger charge is -2.26. The van der Waals surface area contributed by atoms with Crippen molar-refractivity contribution >= 4 is 27.3 Å². The Hall–Kier alpha value is -3.21. The van der Waals surface area contributed by atoms with Crippen LogP contribution in [0.15, 0.2) is 42.7 Å². The minimum atomic E-state index is -0.485. The summed E-state index contributed by atoms with van der Waals surface area (Å²) in [6.45, 7) is 5.08. The predicted octanol–water partition coefficient (Wildman–Crippen LogP) is 4.73. The molecule has 0 atom stereocenters. The van der Waals surface area contributed by atoms with Crippen LogP contribution in [-0.2, 0) is 22.5 Å². The average molecular weight is 522 g/mol. The number of rotatable bonds is 10. The highest BCUT2D eigenvalue weighted by atomic mass is 32.1. The Bertz CT molecular complexity index is 1410. The number of benzene rings is 1. The molecule has 37 heavy (non-hydrogen) atoms. The first kappa shape index (κ1) is 24.1. The standard InChI is InChI=1S/C27H28FN5O3S/c28-21-15-19(14-20(34)13-18-1-2-18)3-4-24(21)36-25-5-6-29-22-16-26(37-27(22)25)23-17-33(31-30-23)8-7-32-9-11-35-12-10-32/h3-6,15-18H,1-2,7-14H2. The maximum Gasteiger partial charge on any atom is 0.166 e. The molecule has 2 aliphatic rings. The molecule has 0 N–H and O–H groups in total. The number of pyridine rings is 1. The van der Waals surface area contributed by atoms with Gasteiger partial charge in [0.2, 0.25) is 0 Å². The number of morpholine rings is 1. The Balaban J connectivity index is 1.15. The van der Waals surface area contributed by atoms with Gasteiger partial charge in [-0.15, -0.1) is 16.4 Å². The molecule has 4 heterocycles. The molecule has 8 nitrogen and oxygen atoms in total. The van der Waals surface area contributed by atoms with E-state index in [-0.39, 0.29) is 18.0 Å². The van der Waals surface area contributed by atoms with Gasteiger partial charge in [0.05, 0.1) is 41.0 Å². The van der Waals surface area contributed by atoms with E-state index in [2.05, 4.69) is 20.2 Å². The summed E-state index contributed by atoms with van der Waals surface area (Å²) in [6.07, 6.45) is 6.70. The zero-order valence-corrected chi connectivity index (χ0v) is 21.3. The van der Waals surface area contributed by atoms with Gasteiger partial charge >= 0.3 is 0 Å². The molecular formula is C27H28FN5O3S. The summed E-state index contributed by atoms with van der Waals surface area (Å²) in [5, 5.41) is 8.64. The maximum atomic E-state index is 14.9. The maximum absolute atomic E-state index is 14.9. The molecule has 1 aliphatic heterocycles. The molecule has 0 bridgehead atoms. The van der Waals surface area contributed by atoms with Gasteiger partial charge < -0.3 is 9.47 Å². The number of carbonyl (C=O) groups is 1. The van der Waals surface area contributed by atoms with E-state index in [9.17, 15) is 9.18 Å². The van der Waals surface area contributed by atoms with Gasteiger partial charge in [0.1, 0.15) is 17.2 Å². The molecule has 0 radical (unpaired) electrons. The fourth-order valence-corrected chi connectivity index (χ4v) is 5.53. The van der Waals surface area contributed by atoms with Crippen molar-refractivity contribution in [3.8, 4) is 22.1 Å². The van der Waals surface area contributed by atoms with Crippen molar-refractivity contribution in [1.29, 1.82) is 0 Å². The number of hydrogen-bond donors (Lipinski definition) is 0. The number of thiophene rings is 1. The number of Topliss-reactive ketones (excluding diaryl/α,β-unsaturated/α-hetero) is 1. The van der Waals surface area contributed by atoms with Crippen LogP contribution in [0.1, 0.15) is 24.8 Å². The van der Waals surface area contributed by atoms with E-state index >= 15 is 0 Å². The Morgan fingerprint density at radius 1 is 1.14 bits per heavy atom. The topological polar surface area (TPSA) is 82.4 Å². The van der Waals surface area contributed by atoms with Crippen LogP contribution in [0.5, 0.6) is 11.5 Å². The number of aromatic nitrogens is 4. The smallest absolute Gasteiger partial charge is 0.166 e. The van der Waals surface area contributed by atoms with Crippen molar-refractivity contribution in [2.75, 3.05) is 32.8 Å². The van der Waals surface area contributed by atoms with Crippen LogP contribution in [0, 0.1) is 11.7 Å². The summed E-state index contributed by atoms with van der Waals surface area (Å²) in [5.41, 5.74) is 2.19. The monoisotopic (exact) mass is 521 g/mol. The van der Waals surface area contributed by atoms with E-state index in [0.29, 0.717) is 23.7 Å². The first-order valence-electron chi connectivity index (χ1n) is 12.7.